The normalized spacial score (nSPS) is 10.7. The fourth-order valence-corrected chi connectivity index (χ4v) is 2.40. The Labute approximate surface area is 106 Å². The molecule has 0 saturated heterocycles. The Hall–Kier alpha value is -2.28. The molecule has 7 heteroatoms. The van der Waals surface area contributed by atoms with E-state index in [0.29, 0.717) is 5.13 Å². The molecule has 0 bridgehead atoms. The maximum atomic E-state index is 11.3. The predicted molar refractivity (Wildman–Crippen MR) is 65.9 cm³/mol. The highest BCUT2D eigenvalue weighted by Crippen LogP contribution is 2.23. The third kappa shape index (κ3) is 1.74. The van der Waals surface area contributed by atoms with Crippen LogP contribution in [-0.2, 0) is 4.74 Å². The molecule has 0 saturated carbocycles. The van der Waals surface area contributed by atoms with Crippen LogP contribution in [0.2, 0.25) is 0 Å². The standard InChI is InChI=1S/C11H8N4O2S/c1-17-10(16)8-6-15(14-13-8)11-12-7-4-2-3-5-9(7)18-11/h2-6H,1H3. The summed E-state index contributed by atoms with van der Waals surface area (Å²) in [4.78, 5) is 15.7. The minimum absolute atomic E-state index is 0.164. The topological polar surface area (TPSA) is 69.9 Å². The molecule has 0 aliphatic rings. The van der Waals surface area contributed by atoms with Gasteiger partial charge in [0.1, 0.15) is 0 Å². The number of hydrogen-bond acceptors (Lipinski definition) is 6. The van der Waals surface area contributed by atoms with E-state index in [4.69, 9.17) is 0 Å². The molecule has 0 aliphatic heterocycles. The maximum Gasteiger partial charge on any atom is 0.360 e. The number of fused-ring (bicyclic) bond motifs is 1. The molecule has 0 fully saturated rings. The molecule has 2 heterocycles. The van der Waals surface area contributed by atoms with E-state index < -0.39 is 5.97 Å². The molecule has 3 aromatic rings. The second-order valence-corrected chi connectivity index (χ2v) is 4.51. The van der Waals surface area contributed by atoms with Crippen LogP contribution >= 0.6 is 11.3 Å². The van der Waals surface area contributed by atoms with Gasteiger partial charge in [-0.2, -0.15) is 4.68 Å². The Kier molecular flexibility index (Phi) is 2.52. The summed E-state index contributed by atoms with van der Waals surface area (Å²) in [6.07, 6.45) is 1.50. The Morgan fingerprint density at radius 1 is 1.39 bits per heavy atom. The van der Waals surface area contributed by atoms with Gasteiger partial charge in [0.2, 0.25) is 5.13 Å². The molecule has 6 nitrogen and oxygen atoms in total. The van der Waals surface area contributed by atoms with Crippen LogP contribution in [0.1, 0.15) is 10.5 Å². The zero-order valence-corrected chi connectivity index (χ0v) is 10.2. The van der Waals surface area contributed by atoms with Crippen molar-refractivity contribution in [1.29, 1.82) is 0 Å². The van der Waals surface area contributed by atoms with Crippen LogP contribution in [0.25, 0.3) is 15.3 Å². The minimum atomic E-state index is -0.512. The number of rotatable bonds is 2. The molecule has 0 atom stereocenters. The van der Waals surface area contributed by atoms with Crippen LogP contribution in [-0.4, -0.2) is 33.1 Å². The molecule has 2 aromatic heterocycles. The predicted octanol–water partition coefficient (Wildman–Crippen LogP) is 1.66. The van der Waals surface area contributed by atoms with Crippen molar-refractivity contribution in [2.45, 2.75) is 0 Å². The van der Waals surface area contributed by atoms with Gasteiger partial charge in [-0.15, -0.1) is 5.10 Å². The van der Waals surface area contributed by atoms with Gasteiger partial charge >= 0.3 is 5.97 Å². The Bertz CT molecular complexity index is 685. The first-order chi connectivity index (χ1) is 8.78. The van der Waals surface area contributed by atoms with Crippen molar-refractivity contribution in [1.82, 2.24) is 20.0 Å². The number of aromatic nitrogens is 4. The molecule has 3 rings (SSSR count). The van der Waals surface area contributed by atoms with E-state index in [9.17, 15) is 4.79 Å². The number of carbonyl (C=O) groups excluding carboxylic acids is 1. The van der Waals surface area contributed by atoms with Crippen LogP contribution in [0.5, 0.6) is 0 Å². The van der Waals surface area contributed by atoms with Crippen molar-refractivity contribution >= 4 is 27.5 Å². The zero-order valence-electron chi connectivity index (χ0n) is 9.40. The maximum absolute atomic E-state index is 11.3. The third-order valence-electron chi connectivity index (χ3n) is 2.37. The molecule has 0 aliphatic carbocycles. The number of nitrogens with zero attached hydrogens (tertiary/aromatic N) is 4. The Balaban J connectivity index is 2.03. The largest absolute Gasteiger partial charge is 0.464 e. The average Bonchev–Trinajstić information content (AvgIpc) is 3.03. The van der Waals surface area contributed by atoms with Crippen molar-refractivity contribution in [3.05, 3.63) is 36.2 Å². The summed E-state index contributed by atoms with van der Waals surface area (Å²) in [5.41, 5.74) is 1.06. The third-order valence-corrected chi connectivity index (χ3v) is 3.39. The van der Waals surface area contributed by atoms with Gasteiger partial charge in [0.05, 0.1) is 23.5 Å². The smallest absolute Gasteiger partial charge is 0.360 e. The quantitative estimate of drug-likeness (QED) is 0.655. The van der Waals surface area contributed by atoms with Crippen LogP contribution in [0, 0.1) is 0 Å². The minimum Gasteiger partial charge on any atom is -0.464 e. The highest BCUT2D eigenvalue weighted by molar-refractivity contribution is 7.20. The van der Waals surface area contributed by atoms with E-state index in [0.717, 1.165) is 10.2 Å². The highest BCUT2D eigenvalue weighted by Gasteiger charge is 2.13. The molecule has 0 radical (unpaired) electrons. The molecule has 0 spiro atoms. The van der Waals surface area contributed by atoms with Gasteiger partial charge in [-0.05, 0) is 12.1 Å². The molecule has 0 amide bonds. The molecule has 18 heavy (non-hydrogen) atoms. The molecular formula is C11H8N4O2S. The first-order valence-corrected chi connectivity index (χ1v) is 5.96. The van der Waals surface area contributed by atoms with E-state index in [-0.39, 0.29) is 5.69 Å². The van der Waals surface area contributed by atoms with Crippen molar-refractivity contribution in [2.24, 2.45) is 0 Å². The summed E-state index contributed by atoms with van der Waals surface area (Å²) in [7, 11) is 1.30. The first kappa shape index (κ1) is 10.8. The van der Waals surface area contributed by atoms with Gasteiger partial charge in [-0.25, -0.2) is 9.78 Å². The molecule has 1 aromatic carbocycles. The zero-order chi connectivity index (χ0) is 12.5. The number of esters is 1. The Morgan fingerprint density at radius 2 is 2.22 bits per heavy atom. The van der Waals surface area contributed by atoms with E-state index in [2.05, 4.69) is 20.0 Å². The number of para-hydroxylation sites is 1. The number of hydrogen-bond donors (Lipinski definition) is 0. The lowest BCUT2D eigenvalue weighted by Crippen LogP contribution is -2.01. The summed E-state index contributed by atoms with van der Waals surface area (Å²) in [5, 5.41) is 8.27. The van der Waals surface area contributed by atoms with E-state index in [1.807, 2.05) is 24.3 Å². The fraction of sp³-hybridized carbons (Fsp3) is 0.0909. The summed E-state index contributed by atoms with van der Waals surface area (Å²) >= 11 is 1.48. The lowest BCUT2D eigenvalue weighted by atomic mass is 10.3. The summed E-state index contributed by atoms with van der Waals surface area (Å²) in [6.45, 7) is 0. The molecule has 0 N–H and O–H groups in total. The number of benzene rings is 1. The van der Waals surface area contributed by atoms with Crippen LogP contribution < -0.4 is 0 Å². The molecular weight excluding hydrogens is 252 g/mol. The van der Waals surface area contributed by atoms with Gasteiger partial charge in [-0.3, -0.25) is 0 Å². The highest BCUT2D eigenvalue weighted by atomic mass is 32.1. The van der Waals surface area contributed by atoms with Gasteiger partial charge in [-0.1, -0.05) is 28.7 Å². The average molecular weight is 260 g/mol. The number of carbonyl (C=O) groups is 1. The van der Waals surface area contributed by atoms with Crippen molar-refractivity contribution in [3.63, 3.8) is 0 Å². The summed E-state index contributed by atoms with van der Waals surface area (Å²) in [5.74, 6) is -0.512. The molecule has 0 unspecified atom stereocenters. The Morgan fingerprint density at radius 3 is 3.00 bits per heavy atom. The molecule has 90 valence electrons. The van der Waals surface area contributed by atoms with Crippen LogP contribution in [0.15, 0.2) is 30.5 Å². The van der Waals surface area contributed by atoms with Gasteiger partial charge in [0.15, 0.2) is 5.69 Å². The summed E-state index contributed by atoms with van der Waals surface area (Å²) in [6, 6.07) is 7.78. The second kappa shape index (κ2) is 4.19. The number of methoxy groups -OCH3 is 1. The van der Waals surface area contributed by atoms with Gasteiger partial charge in [0, 0.05) is 0 Å². The lowest BCUT2D eigenvalue weighted by molar-refractivity contribution is 0.0594. The van der Waals surface area contributed by atoms with Crippen LogP contribution in [0.3, 0.4) is 0 Å². The van der Waals surface area contributed by atoms with Crippen molar-refractivity contribution in [2.75, 3.05) is 7.11 Å². The van der Waals surface area contributed by atoms with Crippen molar-refractivity contribution < 1.29 is 9.53 Å². The van der Waals surface area contributed by atoms with Gasteiger partial charge in [0.25, 0.3) is 0 Å². The summed E-state index contributed by atoms with van der Waals surface area (Å²) < 4.78 is 7.10. The van der Waals surface area contributed by atoms with E-state index in [1.165, 1.54) is 29.3 Å². The number of ether oxygens (including phenoxy) is 1. The number of thiazole rings is 1. The van der Waals surface area contributed by atoms with Gasteiger partial charge < -0.3 is 4.74 Å². The monoisotopic (exact) mass is 260 g/mol. The lowest BCUT2D eigenvalue weighted by Gasteiger charge is -1.90. The van der Waals surface area contributed by atoms with E-state index >= 15 is 0 Å². The van der Waals surface area contributed by atoms with Crippen LogP contribution in [0.4, 0.5) is 0 Å². The fourth-order valence-electron chi connectivity index (χ4n) is 1.51. The van der Waals surface area contributed by atoms with E-state index in [1.54, 1.807) is 0 Å². The second-order valence-electron chi connectivity index (χ2n) is 3.50. The first-order valence-electron chi connectivity index (χ1n) is 5.14. The SMILES string of the molecule is COC(=O)c1cn(-c2nc3ccccc3s2)nn1. The van der Waals surface area contributed by atoms with Crippen molar-refractivity contribution in [3.8, 4) is 5.13 Å².